The Kier molecular flexibility index (Phi) is 7.13. The van der Waals surface area contributed by atoms with E-state index in [1.807, 2.05) is 17.9 Å². The van der Waals surface area contributed by atoms with Gasteiger partial charge in [0.15, 0.2) is 5.82 Å². The summed E-state index contributed by atoms with van der Waals surface area (Å²) in [5.41, 5.74) is 1.58. The van der Waals surface area contributed by atoms with Crippen LogP contribution in [0.25, 0.3) is 0 Å². The van der Waals surface area contributed by atoms with Crippen molar-refractivity contribution in [2.45, 2.75) is 32.7 Å². The topological polar surface area (TPSA) is 87.5 Å². The predicted molar refractivity (Wildman–Crippen MR) is 112 cm³/mol. The van der Waals surface area contributed by atoms with Gasteiger partial charge in [-0.3, -0.25) is 9.59 Å². The number of nitrogens with one attached hydrogen (secondary N) is 2. The molecule has 156 valence electrons. The molecule has 29 heavy (non-hydrogen) atoms. The third-order valence-electron chi connectivity index (χ3n) is 4.59. The van der Waals surface area contributed by atoms with Crippen molar-refractivity contribution in [1.29, 1.82) is 0 Å². The largest absolute Gasteiger partial charge is 0.367 e. The lowest BCUT2D eigenvalue weighted by Crippen LogP contribution is -2.48. The van der Waals surface area contributed by atoms with Gasteiger partial charge in [-0.15, -0.1) is 11.8 Å². The summed E-state index contributed by atoms with van der Waals surface area (Å²) in [6.45, 7) is 5.01. The fourth-order valence-corrected chi connectivity index (χ4v) is 3.92. The SMILES string of the molecule is Cc1ccc(F)c(N2CCCC(NC(=O)CSCC(=O)Nc3cc(C)on3)C2)c1. The summed E-state index contributed by atoms with van der Waals surface area (Å²) in [4.78, 5) is 26.1. The van der Waals surface area contributed by atoms with Crippen molar-refractivity contribution < 1.29 is 18.5 Å². The van der Waals surface area contributed by atoms with Crippen molar-refractivity contribution >= 4 is 35.1 Å². The molecule has 7 nitrogen and oxygen atoms in total. The number of aromatic nitrogens is 1. The van der Waals surface area contributed by atoms with E-state index in [1.165, 1.54) is 17.8 Å². The molecule has 1 aliphatic heterocycles. The van der Waals surface area contributed by atoms with E-state index in [4.69, 9.17) is 4.52 Å². The molecule has 1 aromatic carbocycles. The normalized spacial score (nSPS) is 16.5. The predicted octanol–water partition coefficient (Wildman–Crippen LogP) is 2.89. The van der Waals surface area contributed by atoms with Gasteiger partial charge in [0.05, 0.1) is 17.2 Å². The second-order valence-electron chi connectivity index (χ2n) is 7.17. The first-order valence-electron chi connectivity index (χ1n) is 9.52. The van der Waals surface area contributed by atoms with Crippen molar-refractivity contribution in [3.8, 4) is 0 Å². The number of aryl methyl sites for hydroxylation is 2. The van der Waals surface area contributed by atoms with Gasteiger partial charge < -0.3 is 20.1 Å². The van der Waals surface area contributed by atoms with Crippen LogP contribution in [-0.4, -0.2) is 47.6 Å². The molecular formula is C20H25FN4O3S. The number of halogens is 1. The van der Waals surface area contributed by atoms with Crippen LogP contribution in [0.5, 0.6) is 0 Å². The highest BCUT2D eigenvalue weighted by atomic mass is 32.2. The van der Waals surface area contributed by atoms with Crippen LogP contribution in [0.2, 0.25) is 0 Å². The summed E-state index contributed by atoms with van der Waals surface area (Å²) in [5, 5.41) is 9.30. The number of carbonyl (C=O) groups is 2. The monoisotopic (exact) mass is 420 g/mol. The smallest absolute Gasteiger partial charge is 0.235 e. The van der Waals surface area contributed by atoms with Gasteiger partial charge >= 0.3 is 0 Å². The molecule has 9 heteroatoms. The number of carbonyl (C=O) groups excluding carboxylic acids is 2. The summed E-state index contributed by atoms with van der Waals surface area (Å²) in [5.74, 6) is 0.686. The molecule has 1 unspecified atom stereocenters. The molecule has 1 atom stereocenters. The maximum atomic E-state index is 14.2. The Morgan fingerprint density at radius 3 is 2.83 bits per heavy atom. The fraction of sp³-hybridized carbons (Fsp3) is 0.450. The molecule has 0 saturated carbocycles. The lowest BCUT2D eigenvalue weighted by molar-refractivity contribution is -0.119. The second-order valence-corrected chi connectivity index (χ2v) is 8.16. The van der Waals surface area contributed by atoms with Crippen molar-refractivity contribution in [3.05, 3.63) is 41.4 Å². The van der Waals surface area contributed by atoms with Crippen LogP contribution >= 0.6 is 11.8 Å². The van der Waals surface area contributed by atoms with Crippen LogP contribution in [0.3, 0.4) is 0 Å². The average molecular weight is 421 g/mol. The molecule has 1 aromatic heterocycles. The van der Waals surface area contributed by atoms with Crippen LogP contribution in [0.15, 0.2) is 28.8 Å². The van der Waals surface area contributed by atoms with E-state index in [0.29, 0.717) is 23.8 Å². The number of amides is 2. The third-order valence-corrected chi connectivity index (χ3v) is 5.52. The van der Waals surface area contributed by atoms with E-state index in [2.05, 4.69) is 15.8 Å². The molecule has 2 aromatic rings. The summed E-state index contributed by atoms with van der Waals surface area (Å²) in [6, 6.07) is 6.66. The maximum absolute atomic E-state index is 14.2. The Morgan fingerprint density at radius 1 is 1.28 bits per heavy atom. The summed E-state index contributed by atoms with van der Waals surface area (Å²) in [6.07, 6.45) is 1.73. The number of piperidine rings is 1. The minimum absolute atomic E-state index is 0.0382. The van der Waals surface area contributed by atoms with Crippen molar-refractivity contribution in [3.63, 3.8) is 0 Å². The highest BCUT2D eigenvalue weighted by Gasteiger charge is 2.23. The maximum Gasteiger partial charge on any atom is 0.235 e. The number of hydrogen-bond donors (Lipinski definition) is 2. The van der Waals surface area contributed by atoms with Gasteiger partial charge in [-0.1, -0.05) is 11.2 Å². The van der Waals surface area contributed by atoms with Crippen LogP contribution < -0.4 is 15.5 Å². The Balaban J connectivity index is 1.42. The van der Waals surface area contributed by atoms with Crippen LogP contribution in [0.4, 0.5) is 15.9 Å². The van der Waals surface area contributed by atoms with E-state index < -0.39 is 0 Å². The first-order chi connectivity index (χ1) is 13.9. The number of rotatable bonds is 7. The van der Waals surface area contributed by atoms with Gasteiger partial charge in [-0.05, 0) is 44.4 Å². The van der Waals surface area contributed by atoms with Gasteiger partial charge in [-0.2, -0.15) is 0 Å². The number of hydrogen-bond acceptors (Lipinski definition) is 6. The fourth-order valence-electron chi connectivity index (χ4n) is 3.29. The van der Waals surface area contributed by atoms with Crippen molar-refractivity contribution in [1.82, 2.24) is 10.5 Å². The zero-order valence-electron chi connectivity index (χ0n) is 16.5. The molecule has 2 amide bonds. The molecule has 1 aliphatic rings. The van der Waals surface area contributed by atoms with E-state index in [9.17, 15) is 14.0 Å². The molecule has 0 bridgehead atoms. The van der Waals surface area contributed by atoms with Gasteiger partial charge in [0.1, 0.15) is 11.6 Å². The Morgan fingerprint density at radius 2 is 2.07 bits per heavy atom. The van der Waals surface area contributed by atoms with Gasteiger partial charge in [0, 0.05) is 25.2 Å². The first-order valence-corrected chi connectivity index (χ1v) is 10.7. The van der Waals surface area contributed by atoms with E-state index in [-0.39, 0.29) is 35.2 Å². The van der Waals surface area contributed by atoms with E-state index >= 15 is 0 Å². The highest BCUT2D eigenvalue weighted by molar-refractivity contribution is 8.00. The van der Waals surface area contributed by atoms with E-state index in [1.54, 1.807) is 19.1 Å². The molecule has 1 fully saturated rings. The Bertz CT molecular complexity index is 873. The molecule has 1 saturated heterocycles. The highest BCUT2D eigenvalue weighted by Crippen LogP contribution is 2.24. The van der Waals surface area contributed by atoms with E-state index in [0.717, 1.165) is 24.9 Å². The zero-order chi connectivity index (χ0) is 20.8. The molecule has 2 N–H and O–H groups in total. The molecule has 0 radical (unpaired) electrons. The third kappa shape index (κ3) is 6.22. The molecule has 0 spiro atoms. The molecule has 3 rings (SSSR count). The number of nitrogens with zero attached hydrogens (tertiary/aromatic N) is 2. The van der Waals surface area contributed by atoms with Crippen molar-refractivity contribution in [2.24, 2.45) is 0 Å². The summed E-state index contributed by atoms with van der Waals surface area (Å²) in [7, 11) is 0. The number of anilines is 2. The lowest BCUT2D eigenvalue weighted by Gasteiger charge is -2.35. The molecule has 2 heterocycles. The molecule has 0 aliphatic carbocycles. The zero-order valence-corrected chi connectivity index (χ0v) is 17.4. The minimum Gasteiger partial charge on any atom is -0.367 e. The van der Waals surface area contributed by atoms with Gasteiger partial charge in [-0.25, -0.2) is 4.39 Å². The average Bonchev–Trinajstić information content (AvgIpc) is 3.08. The van der Waals surface area contributed by atoms with Crippen LogP contribution in [0, 0.1) is 19.7 Å². The first kappa shape index (κ1) is 21.2. The second kappa shape index (κ2) is 9.78. The van der Waals surface area contributed by atoms with Gasteiger partial charge in [0.25, 0.3) is 0 Å². The van der Waals surface area contributed by atoms with Crippen LogP contribution in [-0.2, 0) is 9.59 Å². The number of benzene rings is 1. The van der Waals surface area contributed by atoms with Crippen molar-refractivity contribution in [2.75, 3.05) is 34.8 Å². The molecular weight excluding hydrogens is 395 g/mol. The Labute approximate surface area is 173 Å². The minimum atomic E-state index is -0.244. The van der Waals surface area contributed by atoms with Crippen LogP contribution in [0.1, 0.15) is 24.2 Å². The standard InChI is InChI=1S/C20H25FN4O3S/c1-13-5-6-16(21)17(8-13)25-7-3-4-15(10-25)22-19(26)11-29-12-20(27)23-18-9-14(2)28-24-18/h5-6,8-9,15H,3-4,7,10-12H2,1-2H3,(H,22,26)(H,23,24,27). The number of thioether (sulfide) groups is 1. The lowest BCUT2D eigenvalue weighted by atomic mass is 10.0. The quantitative estimate of drug-likeness (QED) is 0.716. The summed E-state index contributed by atoms with van der Waals surface area (Å²) < 4.78 is 19.0. The van der Waals surface area contributed by atoms with Gasteiger partial charge in [0.2, 0.25) is 11.8 Å². The Hall–Kier alpha value is -2.55. The summed E-state index contributed by atoms with van der Waals surface area (Å²) >= 11 is 1.23.